The van der Waals surface area contributed by atoms with Crippen molar-refractivity contribution in [1.82, 2.24) is 9.97 Å². The van der Waals surface area contributed by atoms with Crippen LogP contribution in [0.1, 0.15) is 10.4 Å². The third kappa shape index (κ3) is 3.05. The van der Waals surface area contributed by atoms with Gasteiger partial charge in [0.2, 0.25) is 0 Å². The number of para-hydroxylation sites is 2. The van der Waals surface area contributed by atoms with Crippen molar-refractivity contribution in [2.45, 2.75) is 0 Å². The number of nitrogens with zero attached hydrogens (tertiary/aromatic N) is 1. The van der Waals surface area contributed by atoms with Gasteiger partial charge in [0.1, 0.15) is 12.1 Å². The van der Waals surface area contributed by atoms with Crippen molar-refractivity contribution in [1.29, 1.82) is 0 Å². The fraction of sp³-hybridized carbons (Fsp3) is 0. The molecule has 2 N–H and O–H groups in total. The zero-order chi connectivity index (χ0) is 17.2. The molecule has 0 aliphatic heterocycles. The Labute approximate surface area is 142 Å². The number of fused-ring (bicyclic) bond motifs is 1. The summed E-state index contributed by atoms with van der Waals surface area (Å²) >= 11 is 0. The van der Waals surface area contributed by atoms with Crippen molar-refractivity contribution < 1.29 is 9.21 Å². The lowest BCUT2D eigenvalue weighted by Crippen LogP contribution is -2.12. The molecule has 2 aromatic carbocycles. The second kappa shape index (κ2) is 6.09. The van der Waals surface area contributed by atoms with Crippen LogP contribution in [0, 0.1) is 0 Å². The van der Waals surface area contributed by atoms with E-state index in [0.717, 1.165) is 28.7 Å². The number of aromatic nitrogens is 2. The van der Waals surface area contributed by atoms with Gasteiger partial charge in [0, 0.05) is 17.3 Å². The summed E-state index contributed by atoms with van der Waals surface area (Å²) in [6.45, 7) is 0. The minimum absolute atomic E-state index is 0.279. The topological polar surface area (TPSA) is 88.0 Å². The maximum Gasteiger partial charge on any atom is 0.335 e. The van der Waals surface area contributed by atoms with E-state index >= 15 is 0 Å². The molecule has 0 fully saturated rings. The minimum atomic E-state index is -0.494. The maximum absolute atomic E-state index is 12.1. The molecule has 4 rings (SSSR count). The van der Waals surface area contributed by atoms with E-state index in [1.807, 2.05) is 36.4 Å². The molecule has 2 heterocycles. The summed E-state index contributed by atoms with van der Waals surface area (Å²) in [6.07, 6.45) is 1.14. The molecule has 0 spiro atoms. The van der Waals surface area contributed by atoms with E-state index in [-0.39, 0.29) is 11.5 Å². The van der Waals surface area contributed by atoms with Crippen LogP contribution in [-0.4, -0.2) is 15.9 Å². The Bertz CT molecular complexity index is 1060. The van der Waals surface area contributed by atoms with E-state index in [2.05, 4.69) is 15.3 Å². The van der Waals surface area contributed by atoms with Gasteiger partial charge < -0.3 is 14.7 Å². The van der Waals surface area contributed by atoms with Crippen LogP contribution in [0.2, 0.25) is 0 Å². The van der Waals surface area contributed by atoms with Crippen LogP contribution in [0.5, 0.6) is 0 Å². The van der Waals surface area contributed by atoms with Crippen LogP contribution >= 0.6 is 0 Å². The lowest BCUT2D eigenvalue weighted by atomic mass is 10.2. The van der Waals surface area contributed by atoms with Gasteiger partial charge in [0.05, 0.1) is 16.6 Å². The number of amides is 1. The fourth-order valence-electron chi connectivity index (χ4n) is 2.49. The molecule has 0 aliphatic carbocycles. The molecule has 25 heavy (non-hydrogen) atoms. The molecule has 122 valence electrons. The number of imidazole rings is 1. The summed E-state index contributed by atoms with van der Waals surface area (Å²) in [7, 11) is 0. The number of anilines is 1. The maximum atomic E-state index is 12.1. The fourth-order valence-corrected chi connectivity index (χ4v) is 2.49. The van der Waals surface area contributed by atoms with Crippen LogP contribution in [0.3, 0.4) is 0 Å². The highest BCUT2D eigenvalue weighted by atomic mass is 16.4. The molecule has 1 amide bonds. The molecule has 0 unspecified atom stereocenters. The first-order valence-corrected chi connectivity index (χ1v) is 7.64. The molecule has 4 aromatic rings. The number of rotatable bonds is 3. The molecule has 2 aromatic heterocycles. The average molecular weight is 331 g/mol. The van der Waals surface area contributed by atoms with Crippen molar-refractivity contribution in [2.75, 3.05) is 5.32 Å². The number of hydrogen-bond donors (Lipinski definition) is 2. The molecule has 0 bridgehead atoms. The Morgan fingerprint density at radius 1 is 1.00 bits per heavy atom. The van der Waals surface area contributed by atoms with Gasteiger partial charge in [-0.2, -0.15) is 0 Å². The quantitative estimate of drug-likeness (QED) is 0.602. The summed E-state index contributed by atoms with van der Waals surface area (Å²) in [5.74, 6) is 0.421. The third-order valence-corrected chi connectivity index (χ3v) is 3.77. The second-order valence-electron chi connectivity index (χ2n) is 5.48. The highest BCUT2D eigenvalue weighted by molar-refractivity contribution is 6.04. The minimum Gasteiger partial charge on any atom is -0.430 e. The zero-order valence-electron chi connectivity index (χ0n) is 13.0. The first-order chi connectivity index (χ1) is 12.2. The van der Waals surface area contributed by atoms with Crippen molar-refractivity contribution in [2.24, 2.45) is 0 Å². The standard InChI is InChI=1S/C19H13N3O3/c23-17-10-7-13(11-25-17)19(24)20-14-8-5-12(6-9-14)18-21-15-3-1-2-4-16(15)22-18/h1-11H,(H,20,24)(H,21,22). The first kappa shape index (κ1) is 14.9. The van der Waals surface area contributed by atoms with Crippen LogP contribution in [0.25, 0.3) is 22.4 Å². The summed E-state index contributed by atoms with van der Waals surface area (Å²) < 4.78 is 4.69. The highest BCUT2D eigenvalue weighted by Crippen LogP contribution is 2.22. The molecule has 6 nitrogen and oxygen atoms in total. The van der Waals surface area contributed by atoms with E-state index in [1.165, 1.54) is 12.1 Å². The molecule has 0 aliphatic rings. The van der Waals surface area contributed by atoms with Gasteiger partial charge in [0.15, 0.2) is 0 Å². The molecular weight excluding hydrogens is 318 g/mol. The van der Waals surface area contributed by atoms with Gasteiger partial charge >= 0.3 is 5.63 Å². The van der Waals surface area contributed by atoms with Crippen molar-refractivity contribution in [3.63, 3.8) is 0 Å². The third-order valence-electron chi connectivity index (χ3n) is 3.77. The molecule has 0 radical (unpaired) electrons. The zero-order valence-corrected chi connectivity index (χ0v) is 13.0. The van der Waals surface area contributed by atoms with E-state index in [9.17, 15) is 9.59 Å². The van der Waals surface area contributed by atoms with Crippen molar-refractivity contribution >= 4 is 22.6 Å². The number of carbonyl (C=O) groups excluding carboxylic acids is 1. The SMILES string of the molecule is O=C(Nc1ccc(-c2nc3ccccc3[nH]2)cc1)c1ccc(=O)oc1. The summed E-state index contributed by atoms with van der Waals surface area (Å²) in [4.78, 5) is 30.8. The number of hydrogen-bond acceptors (Lipinski definition) is 4. The summed E-state index contributed by atoms with van der Waals surface area (Å²) in [5, 5.41) is 2.75. The normalized spacial score (nSPS) is 10.7. The monoisotopic (exact) mass is 331 g/mol. The molecule has 0 saturated heterocycles. The van der Waals surface area contributed by atoms with Crippen LogP contribution in [-0.2, 0) is 0 Å². The number of H-pyrrole nitrogens is 1. The summed E-state index contributed by atoms with van der Waals surface area (Å²) in [5.41, 5.74) is 3.21. The molecular formula is C19H13N3O3. The number of benzene rings is 2. The van der Waals surface area contributed by atoms with Crippen LogP contribution < -0.4 is 10.9 Å². The smallest absolute Gasteiger partial charge is 0.335 e. The lowest BCUT2D eigenvalue weighted by Gasteiger charge is -2.05. The first-order valence-electron chi connectivity index (χ1n) is 7.64. The Kier molecular flexibility index (Phi) is 3.63. The van der Waals surface area contributed by atoms with Crippen molar-refractivity contribution in [3.8, 4) is 11.4 Å². The second-order valence-corrected chi connectivity index (χ2v) is 5.48. The van der Waals surface area contributed by atoms with Gasteiger partial charge in [-0.15, -0.1) is 0 Å². The number of aromatic amines is 1. The van der Waals surface area contributed by atoms with Crippen molar-refractivity contribution in [3.05, 3.63) is 82.9 Å². The van der Waals surface area contributed by atoms with E-state index < -0.39 is 5.63 Å². The van der Waals surface area contributed by atoms with Gasteiger partial charge in [0.25, 0.3) is 5.91 Å². The van der Waals surface area contributed by atoms with Gasteiger partial charge in [-0.05, 0) is 42.5 Å². The van der Waals surface area contributed by atoms with E-state index in [4.69, 9.17) is 4.42 Å². The van der Waals surface area contributed by atoms with E-state index in [1.54, 1.807) is 12.1 Å². The lowest BCUT2D eigenvalue weighted by molar-refractivity contribution is 0.102. The Balaban J connectivity index is 1.54. The van der Waals surface area contributed by atoms with Crippen LogP contribution in [0.15, 0.2) is 76.1 Å². The van der Waals surface area contributed by atoms with Crippen LogP contribution in [0.4, 0.5) is 5.69 Å². The summed E-state index contributed by atoms with van der Waals surface area (Å²) in [6, 6.07) is 17.8. The number of nitrogens with one attached hydrogen (secondary N) is 2. The molecule has 6 heteroatoms. The molecule has 0 saturated carbocycles. The average Bonchev–Trinajstić information content (AvgIpc) is 3.07. The Hall–Kier alpha value is -3.67. The highest BCUT2D eigenvalue weighted by Gasteiger charge is 2.08. The molecule has 0 atom stereocenters. The van der Waals surface area contributed by atoms with E-state index in [0.29, 0.717) is 5.69 Å². The van der Waals surface area contributed by atoms with Gasteiger partial charge in [-0.3, -0.25) is 4.79 Å². The largest absolute Gasteiger partial charge is 0.430 e. The van der Waals surface area contributed by atoms with Gasteiger partial charge in [-0.1, -0.05) is 12.1 Å². The predicted octanol–water partition coefficient (Wildman–Crippen LogP) is 3.44. The number of carbonyl (C=O) groups is 1. The Morgan fingerprint density at radius 2 is 1.80 bits per heavy atom. The predicted molar refractivity (Wildman–Crippen MR) is 94.5 cm³/mol. The van der Waals surface area contributed by atoms with Gasteiger partial charge in [-0.25, -0.2) is 9.78 Å². The Morgan fingerprint density at radius 3 is 2.52 bits per heavy atom.